The summed E-state index contributed by atoms with van der Waals surface area (Å²) in [6.07, 6.45) is 0.809. The monoisotopic (exact) mass is 468 g/mol. The quantitative estimate of drug-likeness (QED) is 0.592. The first-order valence-electron chi connectivity index (χ1n) is 9.29. The number of halogens is 1. The average Bonchev–Trinajstić information content (AvgIpc) is 3.18. The molecule has 0 spiro atoms. The smallest absolute Gasteiger partial charge is 0.406 e. The minimum atomic E-state index is -0.682. The summed E-state index contributed by atoms with van der Waals surface area (Å²) in [5.41, 5.74) is 0.546. The summed E-state index contributed by atoms with van der Waals surface area (Å²) in [5.74, 6) is -0.812. The molecule has 3 N–H and O–H groups in total. The number of anilines is 1. The van der Waals surface area contributed by atoms with Gasteiger partial charge in [0, 0.05) is 29.7 Å². The average molecular weight is 469 g/mol. The van der Waals surface area contributed by atoms with Gasteiger partial charge in [-0.2, -0.15) is 0 Å². The van der Waals surface area contributed by atoms with E-state index in [2.05, 4.69) is 36.6 Å². The van der Waals surface area contributed by atoms with Crippen LogP contribution in [0, 0.1) is 5.92 Å². The molecule has 10 heteroatoms. The van der Waals surface area contributed by atoms with Crippen LogP contribution in [0.1, 0.15) is 26.2 Å². The van der Waals surface area contributed by atoms with Crippen LogP contribution < -0.4 is 16.0 Å². The molecule has 0 unspecified atom stereocenters. The van der Waals surface area contributed by atoms with Gasteiger partial charge in [-0.25, -0.2) is 9.59 Å². The molecule has 2 atom stereocenters. The van der Waals surface area contributed by atoms with Crippen LogP contribution in [0.2, 0.25) is 0 Å². The molecule has 158 valence electrons. The third kappa shape index (κ3) is 7.04. The number of urea groups is 1. The van der Waals surface area contributed by atoms with E-state index in [0.717, 1.165) is 4.47 Å². The molecule has 0 radical (unpaired) electrons. The largest absolute Gasteiger partial charge is 0.453 e. The number of nitrogens with zero attached hydrogens (tertiary/aromatic N) is 1. The van der Waals surface area contributed by atoms with Crippen LogP contribution in [0.5, 0.6) is 0 Å². The van der Waals surface area contributed by atoms with Gasteiger partial charge in [0.1, 0.15) is 6.04 Å². The lowest BCUT2D eigenvalue weighted by Gasteiger charge is -2.25. The van der Waals surface area contributed by atoms with Crippen LogP contribution in [0.4, 0.5) is 15.3 Å². The third-order valence-electron chi connectivity index (χ3n) is 4.52. The van der Waals surface area contributed by atoms with E-state index < -0.39 is 24.1 Å². The Hall–Kier alpha value is -2.62. The second kappa shape index (κ2) is 10.8. The van der Waals surface area contributed by atoms with Gasteiger partial charge in [-0.15, -0.1) is 0 Å². The summed E-state index contributed by atoms with van der Waals surface area (Å²) >= 11 is 3.31. The van der Waals surface area contributed by atoms with Crippen molar-refractivity contribution in [3.8, 4) is 0 Å². The van der Waals surface area contributed by atoms with E-state index in [-0.39, 0.29) is 18.2 Å². The molecule has 0 aromatic heterocycles. The maximum atomic E-state index is 12.6. The molecule has 5 amide bonds. The van der Waals surface area contributed by atoms with Crippen LogP contribution in [0.25, 0.3) is 0 Å². The van der Waals surface area contributed by atoms with Gasteiger partial charge >= 0.3 is 12.1 Å². The number of benzene rings is 1. The highest BCUT2D eigenvalue weighted by molar-refractivity contribution is 9.10. The molecule has 29 heavy (non-hydrogen) atoms. The Bertz CT molecular complexity index is 755. The van der Waals surface area contributed by atoms with Gasteiger partial charge < -0.3 is 20.3 Å². The van der Waals surface area contributed by atoms with Crippen molar-refractivity contribution in [3.05, 3.63) is 28.7 Å². The van der Waals surface area contributed by atoms with Gasteiger partial charge in [-0.3, -0.25) is 14.9 Å². The molecule has 0 saturated carbocycles. The molecule has 2 rings (SSSR count). The molecule has 1 heterocycles. The minimum absolute atomic E-state index is 0.119. The number of rotatable bonds is 6. The van der Waals surface area contributed by atoms with Crippen molar-refractivity contribution >= 4 is 45.6 Å². The minimum Gasteiger partial charge on any atom is -0.453 e. The van der Waals surface area contributed by atoms with Crippen LogP contribution in [-0.4, -0.2) is 55.1 Å². The fourth-order valence-electron chi connectivity index (χ4n) is 3.05. The molecular formula is C19H25BrN4O5. The van der Waals surface area contributed by atoms with Gasteiger partial charge in [-0.05, 0) is 43.0 Å². The molecule has 1 aliphatic heterocycles. The summed E-state index contributed by atoms with van der Waals surface area (Å²) < 4.78 is 5.37. The van der Waals surface area contributed by atoms with Crippen LogP contribution in [0.3, 0.4) is 0 Å². The number of hydrogen-bond acceptors (Lipinski definition) is 5. The summed E-state index contributed by atoms with van der Waals surface area (Å²) in [6.45, 7) is 2.58. The number of carbonyl (C=O) groups is 4. The van der Waals surface area contributed by atoms with Crippen molar-refractivity contribution in [1.29, 1.82) is 0 Å². The highest BCUT2D eigenvalue weighted by atomic mass is 79.9. The summed E-state index contributed by atoms with van der Waals surface area (Å²) in [4.78, 5) is 49.8. The van der Waals surface area contributed by atoms with Gasteiger partial charge in [0.15, 0.2) is 0 Å². The van der Waals surface area contributed by atoms with E-state index in [1.165, 1.54) is 12.0 Å². The number of methoxy groups -OCH3 is 1. The highest BCUT2D eigenvalue weighted by Gasteiger charge is 2.35. The number of hydrogen-bond donors (Lipinski definition) is 3. The predicted octanol–water partition coefficient (Wildman–Crippen LogP) is 2.47. The fraction of sp³-hybridized carbons (Fsp3) is 0.474. The lowest BCUT2D eigenvalue weighted by Crippen LogP contribution is -2.49. The van der Waals surface area contributed by atoms with Crippen LogP contribution >= 0.6 is 15.9 Å². The summed E-state index contributed by atoms with van der Waals surface area (Å²) in [6, 6.07) is 5.61. The van der Waals surface area contributed by atoms with Crippen molar-refractivity contribution in [2.45, 2.75) is 32.2 Å². The fourth-order valence-corrected chi connectivity index (χ4v) is 3.31. The SMILES string of the molecule is COC(=O)NC[C@@H](C)CC(=O)N1CCC[C@H]1C(=O)NC(=O)Nc1ccc(Br)cc1. The first-order chi connectivity index (χ1) is 13.8. The molecule has 0 bridgehead atoms. The van der Waals surface area contributed by atoms with Crippen molar-refractivity contribution in [2.24, 2.45) is 5.92 Å². The lowest BCUT2D eigenvalue weighted by atomic mass is 10.1. The third-order valence-corrected chi connectivity index (χ3v) is 5.05. The predicted molar refractivity (Wildman–Crippen MR) is 110 cm³/mol. The normalized spacial score (nSPS) is 16.7. The van der Waals surface area contributed by atoms with Gasteiger partial charge in [0.2, 0.25) is 5.91 Å². The zero-order chi connectivity index (χ0) is 21.4. The molecule has 1 fully saturated rings. The van der Waals surface area contributed by atoms with E-state index in [1.54, 1.807) is 24.3 Å². The van der Waals surface area contributed by atoms with Crippen molar-refractivity contribution < 1.29 is 23.9 Å². The van der Waals surface area contributed by atoms with Crippen molar-refractivity contribution in [2.75, 3.05) is 25.5 Å². The molecular weight excluding hydrogens is 444 g/mol. The van der Waals surface area contributed by atoms with E-state index in [0.29, 0.717) is 31.6 Å². The van der Waals surface area contributed by atoms with E-state index in [9.17, 15) is 19.2 Å². The molecule has 9 nitrogen and oxygen atoms in total. The Morgan fingerprint density at radius 1 is 1.24 bits per heavy atom. The number of ether oxygens (including phenoxy) is 1. The Morgan fingerprint density at radius 2 is 1.93 bits per heavy atom. The van der Waals surface area contributed by atoms with E-state index in [1.807, 2.05) is 6.92 Å². The van der Waals surface area contributed by atoms with Crippen molar-refractivity contribution in [3.63, 3.8) is 0 Å². The standard InChI is InChI=1S/C19H25BrN4O5/c1-12(11-21-19(28)29-2)10-16(25)24-9-3-4-15(24)17(26)23-18(27)22-14-7-5-13(20)6-8-14/h5-8,12,15H,3-4,9-11H2,1-2H3,(H,21,28)(H2,22,23,26,27)/t12-,15-/m0/s1. The summed E-state index contributed by atoms with van der Waals surface area (Å²) in [7, 11) is 1.27. The first kappa shape index (κ1) is 22.7. The highest BCUT2D eigenvalue weighted by Crippen LogP contribution is 2.20. The molecule has 1 aliphatic rings. The second-order valence-electron chi connectivity index (χ2n) is 6.88. The number of likely N-dealkylation sites (tertiary alicyclic amines) is 1. The Morgan fingerprint density at radius 3 is 2.59 bits per heavy atom. The zero-order valence-corrected chi connectivity index (χ0v) is 18.0. The zero-order valence-electron chi connectivity index (χ0n) is 16.4. The van der Waals surface area contributed by atoms with Crippen LogP contribution in [0.15, 0.2) is 28.7 Å². The Kier molecular flexibility index (Phi) is 8.44. The van der Waals surface area contributed by atoms with Gasteiger partial charge in [0.05, 0.1) is 7.11 Å². The lowest BCUT2D eigenvalue weighted by molar-refractivity contribution is -0.138. The maximum Gasteiger partial charge on any atom is 0.406 e. The number of imide groups is 1. The molecule has 1 aromatic rings. The second-order valence-corrected chi connectivity index (χ2v) is 7.79. The Balaban J connectivity index is 1.85. The van der Waals surface area contributed by atoms with E-state index in [4.69, 9.17) is 0 Å². The van der Waals surface area contributed by atoms with E-state index >= 15 is 0 Å². The van der Waals surface area contributed by atoms with Crippen LogP contribution in [-0.2, 0) is 14.3 Å². The van der Waals surface area contributed by atoms with Crippen molar-refractivity contribution in [1.82, 2.24) is 15.5 Å². The summed E-state index contributed by atoms with van der Waals surface area (Å²) in [5, 5.41) is 7.44. The molecule has 1 aromatic carbocycles. The Labute approximate surface area is 177 Å². The van der Waals surface area contributed by atoms with Gasteiger partial charge in [0.25, 0.3) is 5.91 Å². The first-order valence-corrected chi connectivity index (χ1v) is 10.1. The maximum absolute atomic E-state index is 12.6. The molecule has 0 aliphatic carbocycles. The number of carbonyl (C=O) groups excluding carboxylic acids is 4. The molecule has 1 saturated heterocycles. The number of nitrogens with one attached hydrogen (secondary N) is 3. The number of alkyl carbamates (subject to hydrolysis) is 1. The van der Waals surface area contributed by atoms with Gasteiger partial charge in [-0.1, -0.05) is 22.9 Å². The topological polar surface area (TPSA) is 117 Å². The number of amides is 5.